The maximum atomic E-state index is 12.2. The lowest BCUT2D eigenvalue weighted by Gasteiger charge is -2.12. The molecule has 0 aliphatic rings. The largest absolute Gasteiger partial charge is 0.322 e. The van der Waals surface area contributed by atoms with Crippen LogP contribution >= 0.6 is 0 Å². The van der Waals surface area contributed by atoms with E-state index in [4.69, 9.17) is 0 Å². The molecule has 8 heteroatoms. The Kier molecular flexibility index (Phi) is 5.29. The number of rotatable bonds is 5. The van der Waals surface area contributed by atoms with E-state index in [1.54, 1.807) is 24.4 Å². The Labute approximate surface area is 157 Å². The van der Waals surface area contributed by atoms with Gasteiger partial charge in [-0.15, -0.1) is 0 Å². The number of benzene rings is 2. The first-order chi connectivity index (χ1) is 12.9. The Morgan fingerprint density at radius 1 is 1.07 bits per heavy atom. The number of para-hydroxylation sites is 2. The van der Waals surface area contributed by atoms with Gasteiger partial charge < -0.3 is 5.32 Å². The molecule has 0 saturated carbocycles. The molecule has 0 fully saturated rings. The minimum absolute atomic E-state index is 0.106. The third-order valence-corrected chi connectivity index (χ3v) is 5.56. The topological polar surface area (TPSA) is 92.3 Å². The van der Waals surface area contributed by atoms with Crippen molar-refractivity contribution in [2.24, 2.45) is 0 Å². The van der Waals surface area contributed by atoms with Gasteiger partial charge in [0.25, 0.3) is 0 Å². The maximum Gasteiger partial charge on any atom is 0.248 e. The van der Waals surface area contributed by atoms with Crippen molar-refractivity contribution in [2.75, 3.05) is 19.4 Å². The lowest BCUT2D eigenvalue weighted by molar-refractivity contribution is -0.111. The molecule has 0 aliphatic heterocycles. The highest BCUT2D eigenvalue weighted by Gasteiger charge is 2.17. The first kappa shape index (κ1) is 18.7. The number of aromatic nitrogens is 2. The number of hydrogen-bond donors (Lipinski definition) is 1. The first-order valence-corrected chi connectivity index (χ1v) is 9.54. The molecule has 0 aliphatic carbocycles. The van der Waals surface area contributed by atoms with Crippen molar-refractivity contribution in [1.29, 1.82) is 0 Å². The van der Waals surface area contributed by atoms with E-state index in [9.17, 15) is 13.2 Å². The van der Waals surface area contributed by atoms with Gasteiger partial charge in [0.1, 0.15) is 0 Å². The zero-order chi connectivity index (χ0) is 19.4. The van der Waals surface area contributed by atoms with Gasteiger partial charge in [0.15, 0.2) is 0 Å². The summed E-state index contributed by atoms with van der Waals surface area (Å²) < 4.78 is 25.5. The van der Waals surface area contributed by atoms with E-state index in [-0.39, 0.29) is 4.90 Å². The minimum atomic E-state index is -3.57. The molecule has 1 aromatic heterocycles. The van der Waals surface area contributed by atoms with Gasteiger partial charge in [-0.3, -0.25) is 9.78 Å². The summed E-state index contributed by atoms with van der Waals surface area (Å²) >= 11 is 0. The zero-order valence-corrected chi connectivity index (χ0v) is 15.6. The zero-order valence-electron chi connectivity index (χ0n) is 14.8. The highest BCUT2D eigenvalue weighted by Crippen LogP contribution is 2.18. The van der Waals surface area contributed by atoms with Crippen LogP contribution in [-0.4, -0.2) is 42.7 Å². The average Bonchev–Trinajstić information content (AvgIpc) is 2.66. The molecule has 7 nitrogen and oxygen atoms in total. The fourth-order valence-corrected chi connectivity index (χ4v) is 3.29. The van der Waals surface area contributed by atoms with Crippen LogP contribution in [-0.2, 0) is 14.8 Å². The SMILES string of the molecule is CN(C)S(=O)(=O)c1cccc(NC(=O)C=Cc2cnc3ccccc3n2)c1. The number of amides is 1. The molecule has 138 valence electrons. The van der Waals surface area contributed by atoms with Crippen molar-refractivity contribution < 1.29 is 13.2 Å². The molecule has 1 heterocycles. The van der Waals surface area contributed by atoms with Gasteiger partial charge >= 0.3 is 0 Å². The van der Waals surface area contributed by atoms with E-state index in [1.807, 2.05) is 24.3 Å². The second kappa shape index (κ2) is 7.65. The Balaban J connectivity index is 1.74. The molecule has 0 radical (unpaired) electrons. The summed E-state index contributed by atoms with van der Waals surface area (Å²) in [7, 11) is -0.661. The molecule has 0 unspecified atom stereocenters. The summed E-state index contributed by atoms with van der Waals surface area (Å²) in [6, 6.07) is 13.5. The third kappa shape index (κ3) is 4.36. The molecular formula is C19H18N4O3S. The smallest absolute Gasteiger partial charge is 0.248 e. The predicted molar refractivity (Wildman–Crippen MR) is 105 cm³/mol. The van der Waals surface area contributed by atoms with Crippen LogP contribution in [0.2, 0.25) is 0 Å². The normalized spacial score (nSPS) is 12.0. The minimum Gasteiger partial charge on any atom is -0.322 e. The summed E-state index contributed by atoms with van der Waals surface area (Å²) in [5, 5.41) is 2.64. The van der Waals surface area contributed by atoms with Gasteiger partial charge in [-0.25, -0.2) is 17.7 Å². The molecule has 2 aromatic carbocycles. The van der Waals surface area contributed by atoms with Crippen LogP contribution in [0.25, 0.3) is 17.1 Å². The highest BCUT2D eigenvalue weighted by atomic mass is 32.2. The first-order valence-electron chi connectivity index (χ1n) is 8.10. The Morgan fingerprint density at radius 2 is 1.81 bits per heavy atom. The summed E-state index contributed by atoms with van der Waals surface area (Å²) in [5.74, 6) is -0.399. The molecule has 0 atom stereocenters. The number of fused-ring (bicyclic) bond motifs is 1. The summed E-state index contributed by atoms with van der Waals surface area (Å²) in [4.78, 5) is 20.9. The van der Waals surface area contributed by atoms with Crippen molar-refractivity contribution in [3.05, 3.63) is 66.5 Å². The van der Waals surface area contributed by atoms with Gasteiger partial charge in [-0.2, -0.15) is 0 Å². The quantitative estimate of drug-likeness (QED) is 0.685. The van der Waals surface area contributed by atoms with Crippen LogP contribution in [0.3, 0.4) is 0 Å². The standard InChI is InChI=1S/C19H18N4O3S/c1-23(2)27(25,26)16-7-5-6-14(12-16)22-19(24)11-10-15-13-20-17-8-3-4-9-18(17)21-15/h3-13H,1-2H3,(H,22,24). The molecular weight excluding hydrogens is 364 g/mol. The van der Waals surface area contributed by atoms with E-state index >= 15 is 0 Å². The number of nitrogens with zero attached hydrogens (tertiary/aromatic N) is 3. The van der Waals surface area contributed by atoms with Crippen molar-refractivity contribution in [1.82, 2.24) is 14.3 Å². The lowest BCUT2D eigenvalue weighted by atomic mass is 10.3. The van der Waals surface area contributed by atoms with Crippen LogP contribution in [0, 0.1) is 0 Å². The predicted octanol–water partition coefficient (Wildman–Crippen LogP) is 2.53. The van der Waals surface area contributed by atoms with Gasteiger partial charge in [-0.05, 0) is 36.4 Å². The van der Waals surface area contributed by atoms with Crippen molar-refractivity contribution in [3.8, 4) is 0 Å². The number of nitrogens with one attached hydrogen (secondary N) is 1. The molecule has 0 bridgehead atoms. The molecule has 3 aromatic rings. The third-order valence-electron chi connectivity index (χ3n) is 3.75. The van der Waals surface area contributed by atoms with Crippen LogP contribution in [0.5, 0.6) is 0 Å². The van der Waals surface area contributed by atoms with E-state index in [2.05, 4.69) is 15.3 Å². The molecule has 1 N–H and O–H groups in total. The monoisotopic (exact) mass is 382 g/mol. The summed E-state index contributed by atoms with van der Waals surface area (Å²) in [6.45, 7) is 0. The average molecular weight is 382 g/mol. The van der Waals surface area contributed by atoms with Crippen LogP contribution < -0.4 is 5.32 Å². The Morgan fingerprint density at radius 3 is 2.56 bits per heavy atom. The van der Waals surface area contributed by atoms with Crippen molar-refractivity contribution in [2.45, 2.75) is 4.90 Å². The fourth-order valence-electron chi connectivity index (χ4n) is 2.34. The Bertz CT molecular complexity index is 1120. The van der Waals surface area contributed by atoms with Gasteiger partial charge in [0, 0.05) is 25.9 Å². The fraction of sp³-hybridized carbons (Fsp3) is 0.105. The molecule has 1 amide bonds. The maximum absolute atomic E-state index is 12.2. The van der Waals surface area contributed by atoms with Crippen LogP contribution in [0.1, 0.15) is 5.69 Å². The number of carbonyl (C=O) groups excluding carboxylic acids is 1. The van der Waals surface area contributed by atoms with Gasteiger partial charge in [0.2, 0.25) is 15.9 Å². The van der Waals surface area contributed by atoms with Crippen molar-refractivity contribution in [3.63, 3.8) is 0 Å². The number of sulfonamides is 1. The molecule has 3 rings (SSSR count). The summed E-state index contributed by atoms with van der Waals surface area (Å²) in [5.41, 5.74) is 2.45. The lowest BCUT2D eigenvalue weighted by Crippen LogP contribution is -2.22. The Hall–Kier alpha value is -3.10. The van der Waals surface area contributed by atoms with Gasteiger partial charge in [0.05, 0.1) is 27.8 Å². The van der Waals surface area contributed by atoms with Crippen LogP contribution in [0.4, 0.5) is 5.69 Å². The van der Waals surface area contributed by atoms with E-state index in [0.717, 1.165) is 15.3 Å². The molecule has 0 saturated heterocycles. The second-order valence-electron chi connectivity index (χ2n) is 5.92. The van der Waals surface area contributed by atoms with Crippen LogP contribution in [0.15, 0.2) is 65.7 Å². The van der Waals surface area contributed by atoms with Gasteiger partial charge in [-0.1, -0.05) is 18.2 Å². The molecule has 0 spiro atoms. The van der Waals surface area contributed by atoms with E-state index in [0.29, 0.717) is 11.4 Å². The molecule has 27 heavy (non-hydrogen) atoms. The van der Waals surface area contributed by atoms with E-state index < -0.39 is 15.9 Å². The number of hydrogen-bond acceptors (Lipinski definition) is 5. The second-order valence-corrected chi connectivity index (χ2v) is 8.07. The summed E-state index contributed by atoms with van der Waals surface area (Å²) in [6.07, 6.45) is 4.46. The highest BCUT2D eigenvalue weighted by molar-refractivity contribution is 7.89. The van der Waals surface area contributed by atoms with E-state index in [1.165, 1.54) is 32.3 Å². The number of carbonyl (C=O) groups is 1. The number of anilines is 1. The van der Waals surface area contributed by atoms with Crippen molar-refractivity contribution >= 4 is 38.7 Å².